The molecule has 1 rings (SSSR count). The lowest BCUT2D eigenvalue weighted by Crippen LogP contribution is -2.21. The Balaban J connectivity index is 2.76. The largest absolute Gasteiger partial charge is 0.496 e. The molecule has 0 bridgehead atoms. The molecular formula is C13H21NOS. The van der Waals surface area contributed by atoms with Crippen molar-refractivity contribution >= 4 is 11.8 Å². The van der Waals surface area contributed by atoms with Gasteiger partial charge in [0.2, 0.25) is 0 Å². The highest BCUT2D eigenvalue weighted by Gasteiger charge is 2.04. The molecule has 0 radical (unpaired) electrons. The first kappa shape index (κ1) is 13.4. The Bertz CT molecular complexity index is 326. The summed E-state index contributed by atoms with van der Waals surface area (Å²) in [4.78, 5) is 0. The minimum absolute atomic E-state index is 0.520. The van der Waals surface area contributed by atoms with Crippen molar-refractivity contribution in [3.63, 3.8) is 0 Å². The molecule has 0 saturated heterocycles. The lowest BCUT2D eigenvalue weighted by molar-refractivity contribution is 0.411. The first-order chi connectivity index (χ1) is 7.67. The van der Waals surface area contributed by atoms with E-state index in [4.69, 9.17) is 4.74 Å². The lowest BCUT2D eigenvalue weighted by atomic mass is 10.1. The number of benzene rings is 1. The van der Waals surface area contributed by atoms with Crippen LogP contribution in [0.1, 0.15) is 25.0 Å². The minimum atomic E-state index is 0.520. The van der Waals surface area contributed by atoms with Crippen LogP contribution in [0.25, 0.3) is 0 Å². The van der Waals surface area contributed by atoms with Gasteiger partial charge in [-0.2, -0.15) is 11.8 Å². The Kier molecular flexibility index (Phi) is 5.71. The summed E-state index contributed by atoms with van der Waals surface area (Å²) in [6.07, 6.45) is 2.11. The van der Waals surface area contributed by atoms with E-state index in [1.54, 1.807) is 7.11 Å². The maximum Gasteiger partial charge on any atom is 0.122 e. The van der Waals surface area contributed by atoms with Crippen LogP contribution in [0, 0.1) is 0 Å². The van der Waals surface area contributed by atoms with E-state index in [-0.39, 0.29) is 0 Å². The predicted molar refractivity (Wildman–Crippen MR) is 72.2 cm³/mol. The molecule has 90 valence electrons. The smallest absolute Gasteiger partial charge is 0.122 e. The molecule has 0 fully saturated rings. The zero-order valence-electron chi connectivity index (χ0n) is 10.5. The molecule has 0 atom stereocenters. The SMILES string of the molecule is COc1ccc(CNC(C)C)cc1CSC. The molecule has 0 unspecified atom stereocenters. The fraction of sp³-hybridized carbons (Fsp3) is 0.538. The zero-order valence-corrected chi connectivity index (χ0v) is 11.4. The maximum absolute atomic E-state index is 5.34. The van der Waals surface area contributed by atoms with Crippen LogP contribution < -0.4 is 10.1 Å². The summed E-state index contributed by atoms with van der Waals surface area (Å²) in [5, 5.41) is 3.42. The molecule has 0 aromatic heterocycles. The molecule has 1 aromatic rings. The van der Waals surface area contributed by atoms with Crippen LogP contribution in [0.5, 0.6) is 5.75 Å². The fourth-order valence-corrected chi connectivity index (χ4v) is 2.07. The Morgan fingerprint density at radius 3 is 2.69 bits per heavy atom. The van der Waals surface area contributed by atoms with Gasteiger partial charge < -0.3 is 10.1 Å². The van der Waals surface area contributed by atoms with Crippen molar-refractivity contribution in [3.05, 3.63) is 29.3 Å². The van der Waals surface area contributed by atoms with Crippen molar-refractivity contribution in [1.29, 1.82) is 0 Å². The van der Waals surface area contributed by atoms with Crippen molar-refractivity contribution in [3.8, 4) is 5.75 Å². The van der Waals surface area contributed by atoms with Gasteiger partial charge in [-0.15, -0.1) is 0 Å². The quantitative estimate of drug-likeness (QED) is 0.824. The number of rotatable bonds is 6. The van der Waals surface area contributed by atoms with Crippen molar-refractivity contribution in [2.45, 2.75) is 32.2 Å². The fourth-order valence-electron chi connectivity index (χ4n) is 1.53. The number of ether oxygens (including phenoxy) is 1. The molecular weight excluding hydrogens is 218 g/mol. The van der Waals surface area contributed by atoms with Gasteiger partial charge in [0.05, 0.1) is 7.11 Å². The molecule has 2 nitrogen and oxygen atoms in total. The van der Waals surface area contributed by atoms with Gasteiger partial charge in [-0.25, -0.2) is 0 Å². The number of hydrogen-bond donors (Lipinski definition) is 1. The third-order valence-corrected chi connectivity index (χ3v) is 2.96. The second kappa shape index (κ2) is 6.81. The predicted octanol–water partition coefficient (Wildman–Crippen LogP) is 3.06. The van der Waals surface area contributed by atoms with Gasteiger partial charge >= 0.3 is 0 Å². The van der Waals surface area contributed by atoms with Crippen molar-refractivity contribution in [2.24, 2.45) is 0 Å². The van der Waals surface area contributed by atoms with Gasteiger partial charge in [-0.1, -0.05) is 19.9 Å². The molecule has 0 spiro atoms. The Labute approximate surface area is 103 Å². The van der Waals surface area contributed by atoms with Gasteiger partial charge in [-0.3, -0.25) is 0 Å². The summed E-state index contributed by atoms with van der Waals surface area (Å²) in [7, 11) is 1.73. The van der Waals surface area contributed by atoms with E-state index in [0.29, 0.717) is 6.04 Å². The summed E-state index contributed by atoms with van der Waals surface area (Å²) >= 11 is 1.82. The third-order valence-electron chi connectivity index (χ3n) is 2.36. The lowest BCUT2D eigenvalue weighted by Gasteiger charge is -2.12. The summed E-state index contributed by atoms with van der Waals surface area (Å²) in [6, 6.07) is 6.93. The second-order valence-corrected chi connectivity index (χ2v) is 4.98. The minimum Gasteiger partial charge on any atom is -0.496 e. The molecule has 0 aliphatic carbocycles. The van der Waals surface area contributed by atoms with Gasteiger partial charge in [0, 0.05) is 23.9 Å². The Hall–Kier alpha value is -0.670. The topological polar surface area (TPSA) is 21.3 Å². The third kappa shape index (κ3) is 4.06. The van der Waals surface area contributed by atoms with E-state index in [0.717, 1.165) is 18.0 Å². The van der Waals surface area contributed by atoms with Gasteiger partial charge in [-0.05, 0) is 24.0 Å². The monoisotopic (exact) mass is 239 g/mol. The highest BCUT2D eigenvalue weighted by molar-refractivity contribution is 7.97. The average molecular weight is 239 g/mol. The van der Waals surface area contributed by atoms with Crippen LogP contribution in [0.15, 0.2) is 18.2 Å². The maximum atomic E-state index is 5.34. The first-order valence-corrected chi connectivity index (χ1v) is 6.95. The molecule has 0 amide bonds. The van der Waals surface area contributed by atoms with E-state index in [2.05, 4.69) is 43.6 Å². The first-order valence-electron chi connectivity index (χ1n) is 5.55. The zero-order chi connectivity index (χ0) is 12.0. The highest BCUT2D eigenvalue weighted by Crippen LogP contribution is 2.23. The van der Waals surface area contributed by atoms with Crippen molar-refractivity contribution in [2.75, 3.05) is 13.4 Å². The molecule has 0 aliphatic rings. The summed E-state index contributed by atoms with van der Waals surface area (Å²) < 4.78 is 5.34. The highest BCUT2D eigenvalue weighted by atomic mass is 32.2. The Morgan fingerprint density at radius 1 is 1.38 bits per heavy atom. The van der Waals surface area contributed by atoms with Gasteiger partial charge in [0.1, 0.15) is 5.75 Å². The van der Waals surface area contributed by atoms with E-state index in [1.165, 1.54) is 11.1 Å². The second-order valence-electron chi connectivity index (χ2n) is 4.11. The molecule has 1 aromatic carbocycles. The molecule has 0 heterocycles. The molecule has 0 saturated carbocycles. The van der Waals surface area contributed by atoms with Crippen LogP contribution in [-0.2, 0) is 12.3 Å². The van der Waals surface area contributed by atoms with Crippen molar-refractivity contribution in [1.82, 2.24) is 5.32 Å². The number of hydrogen-bond acceptors (Lipinski definition) is 3. The van der Waals surface area contributed by atoms with Crippen LogP contribution >= 0.6 is 11.8 Å². The van der Waals surface area contributed by atoms with Crippen LogP contribution in [-0.4, -0.2) is 19.4 Å². The van der Waals surface area contributed by atoms with Gasteiger partial charge in [0.15, 0.2) is 0 Å². The van der Waals surface area contributed by atoms with E-state index < -0.39 is 0 Å². The Morgan fingerprint density at radius 2 is 2.12 bits per heavy atom. The summed E-state index contributed by atoms with van der Waals surface area (Å²) in [5.41, 5.74) is 2.59. The van der Waals surface area contributed by atoms with Gasteiger partial charge in [0.25, 0.3) is 0 Å². The normalized spacial score (nSPS) is 10.8. The number of nitrogens with one attached hydrogen (secondary N) is 1. The van der Waals surface area contributed by atoms with E-state index in [9.17, 15) is 0 Å². The number of methoxy groups -OCH3 is 1. The van der Waals surface area contributed by atoms with Crippen LogP contribution in [0.2, 0.25) is 0 Å². The summed E-state index contributed by atoms with van der Waals surface area (Å²) in [5.74, 6) is 1.99. The molecule has 1 N–H and O–H groups in total. The molecule has 0 aliphatic heterocycles. The van der Waals surface area contributed by atoms with E-state index >= 15 is 0 Å². The van der Waals surface area contributed by atoms with Crippen molar-refractivity contribution < 1.29 is 4.74 Å². The number of thioether (sulfide) groups is 1. The average Bonchev–Trinajstić information content (AvgIpc) is 2.27. The van der Waals surface area contributed by atoms with Crippen LogP contribution in [0.4, 0.5) is 0 Å². The standard InChI is InChI=1S/C13H21NOS/c1-10(2)14-8-11-5-6-13(15-3)12(7-11)9-16-4/h5-7,10,14H,8-9H2,1-4H3. The molecule has 3 heteroatoms. The van der Waals surface area contributed by atoms with E-state index in [1.807, 2.05) is 11.8 Å². The summed E-state index contributed by atoms with van der Waals surface area (Å²) in [6.45, 7) is 5.24. The molecule has 16 heavy (non-hydrogen) atoms. The van der Waals surface area contributed by atoms with Crippen LogP contribution in [0.3, 0.4) is 0 Å².